The predicted octanol–water partition coefficient (Wildman–Crippen LogP) is 3.70. The summed E-state index contributed by atoms with van der Waals surface area (Å²) in [6, 6.07) is 13.2. The Morgan fingerprint density at radius 2 is 1.77 bits per heavy atom. The Labute approximate surface area is 154 Å². The molecule has 1 heterocycles. The van der Waals surface area contributed by atoms with Crippen LogP contribution in [0.4, 0.5) is 11.4 Å². The summed E-state index contributed by atoms with van der Waals surface area (Å²) in [4.78, 5) is 26.6. The second kappa shape index (κ2) is 8.04. The van der Waals surface area contributed by atoms with E-state index in [-0.39, 0.29) is 12.5 Å². The van der Waals surface area contributed by atoms with Crippen LogP contribution in [0.15, 0.2) is 42.5 Å². The number of carbonyl (C=O) groups is 2. The molecule has 0 aromatic heterocycles. The molecular weight excluding hydrogens is 328 g/mol. The van der Waals surface area contributed by atoms with Gasteiger partial charge in [-0.05, 0) is 62.1 Å². The van der Waals surface area contributed by atoms with E-state index in [2.05, 4.69) is 16.3 Å². The SMILES string of the molecule is Cc1cc(N2CCCC2)ccc1NC(=O)COC(=O)c1ccccc1C. The van der Waals surface area contributed by atoms with Crippen molar-refractivity contribution in [2.24, 2.45) is 0 Å². The minimum Gasteiger partial charge on any atom is -0.452 e. The van der Waals surface area contributed by atoms with Crippen LogP contribution in [0, 0.1) is 13.8 Å². The largest absolute Gasteiger partial charge is 0.452 e. The van der Waals surface area contributed by atoms with Gasteiger partial charge in [-0.15, -0.1) is 0 Å². The third-order valence-corrected chi connectivity index (χ3v) is 4.65. The molecule has 0 saturated carbocycles. The quantitative estimate of drug-likeness (QED) is 0.834. The molecule has 26 heavy (non-hydrogen) atoms. The molecule has 1 aliphatic heterocycles. The average molecular weight is 352 g/mol. The maximum absolute atomic E-state index is 12.1. The molecule has 0 radical (unpaired) electrons. The van der Waals surface area contributed by atoms with Crippen molar-refractivity contribution in [2.75, 3.05) is 29.9 Å². The molecule has 3 rings (SSSR count). The van der Waals surface area contributed by atoms with Crippen molar-refractivity contribution in [3.8, 4) is 0 Å². The van der Waals surface area contributed by atoms with E-state index in [0.29, 0.717) is 5.56 Å². The van der Waals surface area contributed by atoms with Crippen LogP contribution in [-0.4, -0.2) is 31.6 Å². The lowest BCUT2D eigenvalue weighted by atomic mass is 10.1. The first-order valence-corrected chi connectivity index (χ1v) is 8.93. The summed E-state index contributed by atoms with van der Waals surface area (Å²) in [5.74, 6) is -0.830. The third-order valence-electron chi connectivity index (χ3n) is 4.65. The molecule has 1 aliphatic rings. The number of amides is 1. The van der Waals surface area contributed by atoms with Crippen molar-refractivity contribution in [3.63, 3.8) is 0 Å². The van der Waals surface area contributed by atoms with Crippen molar-refractivity contribution >= 4 is 23.3 Å². The average Bonchev–Trinajstić information content (AvgIpc) is 3.16. The van der Waals surface area contributed by atoms with Gasteiger partial charge in [0.2, 0.25) is 0 Å². The zero-order chi connectivity index (χ0) is 18.5. The van der Waals surface area contributed by atoms with Crippen molar-refractivity contribution in [3.05, 3.63) is 59.2 Å². The first-order valence-electron chi connectivity index (χ1n) is 8.93. The number of aryl methyl sites for hydroxylation is 2. The summed E-state index contributed by atoms with van der Waals surface area (Å²) in [6.45, 7) is 5.66. The summed E-state index contributed by atoms with van der Waals surface area (Å²) >= 11 is 0. The van der Waals surface area contributed by atoms with Gasteiger partial charge in [-0.25, -0.2) is 4.79 Å². The Kier molecular flexibility index (Phi) is 5.56. The van der Waals surface area contributed by atoms with Crippen LogP contribution >= 0.6 is 0 Å². The number of benzene rings is 2. The molecule has 0 spiro atoms. The van der Waals surface area contributed by atoms with Crippen LogP contribution in [-0.2, 0) is 9.53 Å². The Morgan fingerprint density at radius 3 is 2.46 bits per heavy atom. The van der Waals surface area contributed by atoms with Crippen LogP contribution in [0.5, 0.6) is 0 Å². The molecule has 5 heteroatoms. The highest BCUT2D eigenvalue weighted by Crippen LogP contribution is 2.25. The molecule has 1 N–H and O–H groups in total. The number of hydrogen-bond donors (Lipinski definition) is 1. The highest BCUT2D eigenvalue weighted by molar-refractivity contribution is 5.96. The van der Waals surface area contributed by atoms with Crippen molar-refractivity contribution in [2.45, 2.75) is 26.7 Å². The Hall–Kier alpha value is -2.82. The molecule has 1 amide bonds. The fourth-order valence-corrected chi connectivity index (χ4v) is 3.16. The maximum Gasteiger partial charge on any atom is 0.338 e. The Balaban J connectivity index is 1.56. The van der Waals surface area contributed by atoms with E-state index in [1.54, 1.807) is 12.1 Å². The normalized spacial score (nSPS) is 13.5. The van der Waals surface area contributed by atoms with Gasteiger partial charge in [0, 0.05) is 24.5 Å². The van der Waals surface area contributed by atoms with E-state index in [4.69, 9.17) is 4.74 Å². The van der Waals surface area contributed by atoms with E-state index in [1.807, 2.05) is 38.1 Å². The van der Waals surface area contributed by atoms with Gasteiger partial charge < -0.3 is 15.0 Å². The molecule has 136 valence electrons. The Morgan fingerprint density at radius 1 is 1.04 bits per heavy atom. The summed E-state index contributed by atoms with van der Waals surface area (Å²) < 4.78 is 5.13. The zero-order valence-corrected chi connectivity index (χ0v) is 15.2. The molecular formula is C21H24N2O3. The third kappa shape index (κ3) is 4.23. The molecule has 1 fully saturated rings. The molecule has 2 aromatic carbocycles. The molecule has 0 aliphatic carbocycles. The first kappa shape index (κ1) is 18.0. The van der Waals surface area contributed by atoms with Crippen LogP contribution in [0.1, 0.15) is 34.3 Å². The topological polar surface area (TPSA) is 58.6 Å². The van der Waals surface area contributed by atoms with E-state index in [0.717, 1.165) is 29.9 Å². The number of rotatable bonds is 5. The number of anilines is 2. The molecule has 2 aromatic rings. The highest BCUT2D eigenvalue weighted by Gasteiger charge is 2.15. The zero-order valence-electron chi connectivity index (χ0n) is 15.2. The van der Waals surface area contributed by atoms with Crippen LogP contribution in [0.25, 0.3) is 0 Å². The van der Waals surface area contributed by atoms with Gasteiger partial charge in [0.05, 0.1) is 5.56 Å². The van der Waals surface area contributed by atoms with E-state index in [9.17, 15) is 9.59 Å². The summed E-state index contributed by atoms with van der Waals surface area (Å²) in [5, 5.41) is 2.81. The number of nitrogens with zero attached hydrogens (tertiary/aromatic N) is 1. The molecule has 0 unspecified atom stereocenters. The minimum atomic E-state index is -0.487. The maximum atomic E-state index is 12.1. The van der Waals surface area contributed by atoms with Gasteiger partial charge in [-0.3, -0.25) is 4.79 Å². The van der Waals surface area contributed by atoms with Crippen molar-refractivity contribution in [1.29, 1.82) is 0 Å². The lowest BCUT2D eigenvalue weighted by Gasteiger charge is -2.19. The molecule has 0 atom stereocenters. The highest BCUT2D eigenvalue weighted by atomic mass is 16.5. The van der Waals surface area contributed by atoms with Gasteiger partial charge in [-0.1, -0.05) is 18.2 Å². The van der Waals surface area contributed by atoms with Crippen LogP contribution in [0.3, 0.4) is 0 Å². The van der Waals surface area contributed by atoms with E-state index >= 15 is 0 Å². The monoisotopic (exact) mass is 352 g/mol. The van der Waals surface area contributed by atoms with E-state index in [1.165, 1.54) is 18.5 Å². The lowest BCUT2D eigenvalue weighted by Crippen LogP contribution is -2.22. The number of hydrogen-bond acceptors (Lipinski definition) is 4. The first-order chi connectivity index (χ1) is 12.5. The van der Waals surface area contributed by atoms with Crippen molar-refractivity contribution < 1.29 is 14.3 Å². The van der Waals surface area contributed by atoms with Gasteiger partial charge in [0.1, 0.15) is 0 Å². The van der Waals surface area contributed by atoms with Gasteiger partial charge in [0.25, 0.3) is 5.91 Å². The summed E-state index contributed by atoms with van der Waals surface area (Å²) in [7, 11) is 0. The second-order valence-corrected chi connectivity index (χ2v) is 6.63. The van der Waals surface area contributed by atoms with Crippen LogP contribution in [0.2, 0.25) is 0 Å². The van der Waals surface area contributed by atoms with Crippen molar-refractivity contribution in [1.82, 2.24) is 0 Å². The fourth-order valence-electron chi connectivity index (χ4n) is 3.16. The van der Waals surface area contributed by atoms with Gasteiger partial charge in [-0.2, -0.15) is 0 Å². The molecule has 0 bridgehead atoms. The standard InChI is InChI=1S/C21H24N2O3/c1-15-7-3-4-8-18(15)21(25)26-14-20(24)22-19-10-9-17(13-16(19)2)23-11-5-6-12-23/h3-4,7-10,13H,5-6,11-12,14H2,1-2H3,(H,22,24). The number of nitrogens with one attached hydrogen (secondary N) is 1. The van der Waals surface area contributed by atoms with Crippen LogP contribution < -0.4 is 10.2 Å². The van der Waals surface area contributed by atoms with E-state index < -0.39 is 5.97 Å². The smallest absolute Gasteiger partial charge is 0.338 e. The second-order valence-electron chi connectivity index (χ2n) is 6.63. The minimum absolute atomic E-state index is 0.305. The number of esters is 1. The lowest BCUT2D eigenvalue weighted by molar-refractivity contribution is -0.119. The summed E-state index contributed by atoms with van der Waals surface area (Å²) in [5.41, 5.74) is 4.22. The molecule has 5 nitrogen and oxygen atoms in total. The van der Waals surface area contributed by atoms with Gasteiger partial charge >= 0.3 is 5.97 Å². The predicted molar refractivity (Wildman–Crippen MR) is 103 cm³/mol. The summed E-state index contributed by atoms with van der Waals surface area (Å²) in [6.07, 6.45) is 2.45. The Bertz CT molecular complexity index is 811. The van der Waals surface area contributed by atoms with Gasteiger partial charge in [0.15, 0.2) is 6.61 Å². The number of carbonyl (C=O) groups excluding carboxylic acids is 2. The molecule has 1 saturated heterocycles. The number of ether oxygens (including phenoxy) is 1. The fraction of sp³-hybridized carbons (Fsp3) is 0.333.